The van der Waals surface area contributed by atoms with Crippen LogP contribution in [0.15, 0.2) is 0 Å². The summed E-state index contributed by atoms with van der Waals surface area (Å²) in [5, 5.41) is 3.21. The zero-order chi connectivity index (χ0) is 15.0. The maximum absolute atomic E-state index is 12.2. The van der Waals surface area contributed by atoms with E-state index in [-0.39, 0.29) is 6.04 Å². The van der Waals surface area contributed by atoms with Crippen LogP contribution in [0.4, 0.5) is 0 Å². The van der Waals surface area contributed by atoms with Crippen LogP contribution in [0.1, 0.15) is 52.4 Å². The molecule has 0 unspecified atom stereocenters. The lowest BCUT2D eigenvalue weighted by atomic mass is 9.85. The number of hydrogen-bond acceptors (Lipinski definition) is 3. The highest BCUT2D eigenvalue weighted by Gasteiger charge is 2.26. The Labute approximate surface area is 124 Å². The van der Waals surface area contributed by atoms with E-state index < -0.39 is 10.2 Å². The van der Waals surface area contributed by atoms with Gasteiger partial charge in [0.15, 0.2) is 0 Å². The Morgan fingerprint density at radius 2 is 1.80 bits per heavy atom. The molecule has 0 aromatic heterocycles. The molecule has 20 heavy (non-hydrogen) atoms. The summed E-state index contributed by atoms with van der Waals surface area (Å²) in [7, 11) is -1.66. The van der Waals surface area contributed by atoms with E-state index >= 15 is 0 Å². The largest absolute Gasteiger partial charge is 0.317 e. The van der Waals surface area contributed by atoms with E-state index in [9.17, 15) is 8.42 Å². The Bertz CT molecular complexity index is 351. The molecule has 0 amide bonds. The van der Waals surface area contributed by atoms with Gasteiger partial charge in [-0.2, -0.15) is 17.4 Å². The minimum atomic E-state index is -3.32. The van der Waals surface area contributed by atoms with Crippen LogP contribution in [0.25, 0.3) is 0 Å². The first-order valence-electron chi connectivity index (χ1n) is 7.93. The predicted molar refractivity (Wildman–Crippen MR) is 83.9 cm³/mol. The molecule has 1 aliphatic carbocycles. The highest BCUT2D eigenvalue weighted by molar-refractivity contribution is 7.87. The van der Waals surface area contributed by atoms with Crippen LogP contribution in [0.5, 0.6) is 0 Å². The minimum Gasteiger partial charge on any atom is -0.317 e. The van der Waals surface area contributed by atoms with Crippen molar-refractivity contribution in [2.24, 2.45) is 5.92 Å². The van der Waals surface area contributed by atoms with Gasteiger partial charge in [0.1, 0.15) is 0 Å². The van der Waals surface area contributed by atoms with E-state index in [0.717, 1.165) is 51.1 Å². The third-order valence-corrected chi connectivity index (χ3v) is 5.86. The van der Waals surface area contributed by atoms with E-state index in [1.54, 1.807) is 7.05 Å². The number of rotatable bonds is 9. The molecule has 5 nitrogen and oxygen atoms in total. The van der Waals surface area contributed by atoms with Crippen LogP contribution in [0.2, 0.25) is 0 Å². The van der Waals surface area contributed by atoms with E-state index in [1.807, 2.05) is 0 Å². The van der Waals surface area contributed by atoms with Crippen LogP contribution in [-0.2, 0) is 10.2 Å². The molecule has 0 radical (unpaired) electrons. The lowest BCUT2D eigenvalue weighted by Gasteiger charge is -2.29. The van der Waals surface area contributed by atoms with Gasteiger partial charge in [0, 0.05) is 19.6 Å². The minimum absolute atomic E-state index is 0.124. The second-order valence-electron chi connectivity index (χ2n) is 5.78. The molecule has 0 heterocycles. The molecule has 0 bridgehead atoms. The van der Waals surface area contributed by atoms with Gasteiger partial charge in [0.2, 0.25) is 0 Å². The van der Waals surface area contributed by atoms with Crippen molar-refractivity contribution in [1.29, 1.82) is 0 Å². The van der Waals surface area contributed by atoms with Crippen LogP contribution >= 0.6 is 0 Å². The summed E-state index contributed by atoms with van der Waals surface area (Å²) in [6, 6.07) is 0.124. The molecule has 2 N–H and O–H groups in total. The van der Waals surface area contributed by atoms with Gasteiger partial charge in [-0.05, 0) is 51.1 Å². The van der Waals surface area contributed by atoms with Gasteiger partial charge in [0.25, 0.3) is 10.2 Å². The first kappa shape index (κ1) is 17.9. The van der Waals surface area contributed by atoms with Gasteiger partial charge in [-0.1, -0.05) is 20.3 Å². The van der Waals surface area contributed by atoms with Crippen molar-refractivity contribution >= 4 is 10.2 Å². The molecule has 0 atom stereocenters. The SMILES string of the molecule is CCNCCCN(C)S(=O)(=O)NC1CCC(CC)CC1. The average molecular weight is 305 g/mol. The van der Waals surface area contributed by atoms with E-state index in [0.29, 0.717) is 6.54 Å². The molecule has 0 spiro atoms. The van der Waals surface area contributed by atoms with Crippen LogP contribution < -0.4 is 10.0 Å². The Balaban J connectivity index is 2.33. The molecule has 6 heteroatoms. The van der Waals surface area contributed by atoms with Crippen molar-refractivity contribution in [2.75, 3.05) is 26.7 Å². The van der Waals surface area contributed by atoms with Gasteiger partial charge < -0.3 is 5.32 Å². The molecular formula is C14H31N3O2S. The second-order valence-corrected chi connectivity index (χ2v) is 7.59. The number of hydrogen-bond donors (Lipinski definition) is 2. The summed E-state index contributed by atoms with van der Waals surface area (Å²) in [5.41, 5.74) is 0. The first-order chi connectivity index (χ1) is 9.49. The van der Waals surface area contributed by atoms with E-state index in [1.165, 1.54) is 10.7 Å². The van der Waals surface area contributed by atoms with Gasteiger partial charge in [-0.3, -0.25) is 0 Å². The van der Waals surface area contributed by atoms with E-state index in [4.69, 9.17) is 0 Å². The molecule has 1 saturated carbocycles. The van der Waals surface area contributed by atoms with Crippen LogP contribution in [0.3, 0.4) is 0 Å². The zero-order valence-electron chi connectivity index (χ0n) is 13.2. The molecular weight excluding hydrogens is 274 g/mol. The maximum Gasteiger partial charge on any atom is 0.279 e. The number of nitrogens with zero attached hydrogens (tertiary/aromatic N) is 1. The predicted octanol–water partition coefficient (Wildman–Crippen LogP) is 1.72. The number of nitrogens with one attached hydrogen (secondary N) is 2. The zero-order valence-corrected chi connectivity index (χ0v) is 14.0. The molecule has 1 rings (SSSR count). The Hall–Kier alpha value is -0.170. The summed E-state index contributed by atoms with van der Waals surface area (Å²) in [6.45, 7) is 6.61. The van der Waals surface area contributed by atoms with Crippen molar-refractivity contribution in [3.63, 3.8) is 0 Å². The van der Waals surface area contributed by atoms with Crippen molar-refractivity contribution in [3.05, 3.63) is 0 Å². The molecule has 1 fully saturated rings. The van der Waals surface area contributed by atoms with Gasteiger partial charge >= 0.3 is 0 Å². The second kappa shape index (κ2) is 8.97. The maximum atomic E-state index is 12.2. The lowest BCUT2D eigenvalue weighted by molar-refractivity contribution is 0.302. The molecule has 0 aliphatic heterocycles. The quantitative estimate of drug-likeness (QED) is 0.638. The molecule has 0 aromatic rings. The average Bonchev–Trinajstić information content (AvgIpc) is 2.43. The van der Waals surface area contributed by atoms with E-state index in [2.05, 4.69) is 23.9 Å². The smallest absolute Gasteiger partial charge is 0.279 e. The molecule has 0 aromatic carbocycles. The van der Waals surface area contributed by atoms with Crippen molar-refractivity contribution in [3.8, 4) is 0 Å². The Kier molecular flexibility index (Phi) is 8.02. The summed E-state index contributed by atoms with van der Waals surface area (Å²) < 4.78 is 28.7. The Morgan fingerprint density at radius 3 is 2.35 bits per heavy atom. The van der Waals surface area contributed by atoms with Gasteiger partial charge in [-0.15, -0.1) is 0 Å². The fraction of sp³-hybridized carbons (Fsp3) is 1.00. The third kappa shape index (κ3) is 6.08. The standard InChI is InChI=1S/C14H31N3O2S/c1-4-13-7-9-14(10-8-13)16-20(18,19)17(3)12-6-11-15-5-2/h13-16H,4-12H2,1-3H3. The summed E-state index contributed by atoms with van der Waals surface area (Å²) in [5.74, 6) is 0.786. The van der Waals surface area contributed by atoms with Gasteiger partial charge in [-0.25, -0.2) is 0 Å². The summed E-state index contributed by atoms with van der Waals surface area (Å²) >= 11 is 0. The fourth-order valence-electron chi connectivity index (χ4n) is 2.71. The van der Waals surface area contributed by atoms with Crippen molar-refractivity contribution < 1.29 is 8.42 Å². The first-order valence-corrected chi connectivity index (χ1v) is 9.37. The molecule has 0 saturated heterocycles. The van der Waals surface area contributed by atoms with Crippen LogP contribution in [0, 0.1) is 5.92 Å². The highest BCUT2D eigenvalue weighted by atomic mass is 32.2. The van der Waals surface area contributed by atoms with Crippen molar-refractivity contribution in [2.45, 2.75) is 58.4 Å². The highest BCUT2D eigenvalue weighted by Crippen LogP contribution is 2.26. The topological polar surface area (TPSA) is 61.4 Å². The molecule has 1 aliphatic rings. The monoisotopic (exact) mass is 305 g/mol. The normalized spacial score (nSPS) is 24.2. The third-order valence-electron chi connectivity index (χ3n) is 4.23. The molecule has 120 valence electrons. The summed E-state index contributed by atoms with van der Waals surface area (Å²) in [6.07, 6.45) is 6.30. The van der Waals surface area contributed by atoms with Gasteiger partial charge in [0.05, 0.1) is 0 Å². The fourth-order valence-corrected chi connectivity index (χ4v) is 3.92. The van der Waals surface area contributed by atoms with Crippen LogP contribution in [-0.4, -0.2) is 45.4 Å². The summed E-state index contributed by atoms with van der Waals surface area (Å²) in [4.78, 5) is 0. The van der Waals surface area contributed by atoms with Crippen molar-refractivity contribution in [1.82, 2.24) is 14.3 Å². The Morgan fingerprint density at radius 1 is 1.15 bits per heavy atom. The lowest BCUT2D eigenvalue weighted by Crippen LogP contribution is -2.45.